The van der Waals surface area contributed by atoms with Gasteiger partial charge in [0.25, 0.3) is 0 Å². The quantitative estimate of drug-likeness (QED) is 0.0452. The number of carbonyl (C=O) groups is 5. The molecule has 11 heteroatoms. The highest BCUT2D eigenvalue weighted by Gasteiger charge is 2.63. The van der Waals surface area contributed by atoms with Crippen LogP contribution < -0.4 is 0 Å². The second-order valence-corrected chi connectivity index (χ2v) is 27.1. The van der Waals surface area contributed by atoms with Gasteiger partial charge in [0, 0.05) is 0 Å². The van der Waals surface area contributed by atoms with Crippen LogP contribution in [0.4, 0.5) is 0 Å². The maximum absolute atomic E-state index is 12.6. The van der Waals surface area contributed by atoms with Crippen LogP contribution >= 0.6 is 0 Å². The molecule has 0 N–H and O–H groups in total. The van der Waals surface area contributed by atoms with Gasteiger partial charge < -0.3 is 28.4 Å². The van der Waals surface area contributed by atoms with Gasteiger partial charge in [0.2, 0.25) is 0 Å². The Kier molecular flexibility index (Phi) is 24.8. The second-order valence-electron chi connectivity index (χ2n) is 27.1. The van der Waals surface area contributed by atoms with Crippen LogP contribution in [0.25, 0.3) is 0 Å². The molecule has 76 heavy (non-hydrogen) atoms. The molecule has 0 amide bonds. The second kappa shape index (κ2) is 27.2. The minimum atomic E-state index is -0.489. The molecule has 12 rings (SSSR count). The molecule has 8 unspecified atom stereocenters. The van der Waals surface area contributed by atoms with E-state index < -0.39 is 22.5 Å². The van der Waals surface area contributed by atoms with Crippen molar-refractivity contribution in [1.29, 1.82) is 0 Å². The topological polar surface area (TPSA) is 141 Å². The Morgan fingerprint density at radius 2 is 0.947 bits per heavy atom. The van der Waals surface area contributed by atoms with Gasteiger partial charge in [0.05, 0.1) is 34.2 Å². The average molecular weight is 1080 g/mol. The summed E-state index contributed by atoms with van der Waals surface area (Å²) in [6.45, 7) is 21.8. The van der Waals surface area contributed by atoms with Gasteiger partial charge in [0.15, 0.2) is 6.29 Å². The van der Waals surface area contributed by atoms with Gasteiger partial charge in [0.1, 0.15) is 25.4 Å². The maximum atomic E-state index is 12.6. The van der Waals surface area contributed by atoms with Crippen LogP contribution in [0.3, 0.4) is 0 Å². The lowest BCUT2D eigenvalue weighted by Crippen LogP contribution is -2.58. The van der Waals surface area contributed by atoms with E-state index in [0.29, 0.717) is 17.9 Å². The molecule has 0 aliphatic heterocycles. The molecule has 0 aromatic heterocycles. The van der Waals surface area contributed by atoms with Gasteiger partial charge in [-0.05, 0) is 254 Å². The summed E-state index contributed by atoms with van der Waals surface area (Å²) in [6, 6.07) is 0. The minimum absolute atomic E-state index is 0. The van der Waals surface area contributed by atoms with Crippen LogP contribution in [0, 0.1) is 98.6 Å². The van der Waals surface area contributed by atoms with E-state index in [9.17, 15) is 24.0 Å². The van der Waals surface area contributed by atoms with Crippen LogP contribution in [0.5, 0.6) is 0 Å². The Balaban J connectivity index is 0.000000375. The van der Waals surface area contributed by atoms with E-state index in [0.717, 1.165) is 104 Å². The Hall–Kier alpha value is -2.69. The van der Waals surface area contributed by atoms with E-state index in [-0.39, 0.29) is 112 Å². The third-order valence-electron chi connectivity index (χ3n) is 21.3. The summed E-state index contributed by atoms with van der Waals surface area (Å²) in [5.74, 6) is 9.69. The van der Waals surface area contributed by atoms with E-state index in [1.807, 2.05) is 69.2 Å². The number of hydrogen-bond acceptors (Lipinski definition) is 11. The first-order chi connectivity index (χ1) is 33.0. The average Bonchev–Trinajstić information content (AvgIpc) is 4.12. The number of esters is 5. The van der Waals surface area contributed by atoms with Crippen molar-refractivity contribution in [1.82, 2.24) is 0 Å². The zero-order chi connectivity index (χ0) is 50.6. The molecule has 0 aromatic rings. The van der Waals surface area contributed by atoms with Crippen molar-refractivity contribution in [3.8, 4) is 0 Å². The lowest BCUT2D eigenvalue weighted by atomic mass is 9.49. The molecule has 12 bridgehead atoms. The smallest absolute Gasteiger partial charge is 0.313 e. The molecule has 12 aliphatic rings. The van der Waals surface area contributed by atoms with Crippen molar-refractivity contribution in [2.75, 3.05) is 19.8 Å². The summed E-state index contributed by atoms with van der Waals surface area (Å²) in [7, 11) is 0. The largest absolute Gasteiger partial charge is 0.465 e. The van der Waals surface area contributed by atoms with Crippen LogP contribution in [-0.2, 0) is 52.4 Å². The Labute approximate surface area is 466 Å². The summed E-state index contributed by atoms with van der Waals surface area (Å²) >= 11 is 0. The molecule has 12 fully saturated rings. The first-order valence-electron chi connectivity index (χ1n) is 28.6. The molecule has 0 aromatic carbocycles. The van der Waals surface area contributed by atoms with E-state index in [1.165, 1.54) is 83.5 Å². The van der Waals surface area contributed by atoms with Gasteiger partial charge in [-0.15, -0.1) is 0 Å². The Morgan fingerprint density at radius 1 is 0.513 bits per heavy atom. The van der Waals surface area contributed by atoms with Crippen molar-refractivity contribution in [3.05, 3.63) is 0 Å². The standard InChI is InChI=1S/C20H32O4.C20H32O3.C19H30O4.6CH4/c1-5-19(2,3)18(22)23-7-6-17(21)24-20(4)15-9-13-8-14(11-15)12-16(20)10-13;1-5-20(3,4)19(21)23-11(2)22-16-10-14-9-15(16)18-13-7-6-12(8-13)17(14)18;1-4-18(2,3)16(20)22-5-6-23-17(21)19-10-13-7-14(11-19)9-15(8-13)12-19;;;;;;/h13-16H,5-12H2,1-4H3;11-18H,5-10H2,1-4H3;13-15H,4-12H2,1-3H3;6*1H4. The predicted molar refractivity (Wildman–Crippen MR) is 307 cm³/mol. The summed E-state index contributed by atoms with van der Waals surface area (Å²) in [5, 5.41) is 0. The molecule has 12 aliphatic carbocycles. The maximum Gasteiger partial charge on any atom is 0.313 e. The van der Waals surface area contributed by atoms with Crippen molar-refractivity contribution in [2.24, 2.45) is 98.6 Å². The Morgan fingerprint density at radius 3 is 1.43 bits per heavy atom. The lowest BCUT2D eigenvalue weighted by Gasteiger charge is -2.59. The molecule has 0 heterocycles. The van der Waals surface area contributed by atoms with Gasteiger partial charge >= 0.3 is 29.8 Å². The minimum Gasteiger partial charge on any atom is -0.465 e. The summed E-state index contributed by atoms with van der Waals surface area (Å²) < 4.78 is 33.8. The molecule has 0 radical (unpaired) electrons. The van der Waals surface area contributed by atoms with Crippen molar-refractivity contribution in [2.45, 2.75) is 267 Å². The number of carbonyl (C=O) groups excluding carboxylic acids is 5. The monoisotopic (exact) mass is 1070 g/mol. The van der Waals surface area contributed by atoms with Crippen molar-refractivity contribution in [3.63, 3.8) is 0 Å². The van der Waals surface area contributed by atoms with Crippen LogP contribution in [0.1, 0.15) is 249 Å². The number of fused-ring (bicyclic) bond motifs is 9. The van der Waals surface area contributed by atoms with Crippen molar-refractivity contribution >= 4 is 29.8 Å². The van der Waals surface area contributed by atoms with E-state index in [4.69, 9.17) is 28.4 Å². The number of rotatable bonds is 17. The third kappa shape index (κ3) is 14.4. The highest BCUT2D eigenvalue weighted by molar-refractivity contribution is 5.78. The summed E-state index contributed by atoms with van der Waals surface area (Å²) in [6.07, 6.45) is 22.6. The molecule has 0 saturated heterocycles. The summed E-state index contributed by atoms with van der Waals surface area (Å²) in [4.78, 5) is 61.0. The van der Waals surface area contributed by atoms with Crippen molar-refractivity contribution < 1.29 is 52.4 Å². The highest BCUT2D eigenvalue weighted by Crippen LogP contribution is 2.68. The van der Waals surface area contributed by atoms with Crippen LogP contribution in [0.15, 0.2) is 0 Å². The van der Waals surface area contributed by atoms with Gasteiger partial charge in [-0.2, -0.15) is 0 Å². The van der Waals surface area contributed by atoms with Gasteiger partial charge in [-0.3, -0.25) is 24.0 Å². The fourth-order valence-corrected chi connectivity index (χ4v) is 16.7. The number of ether oxygens (including phenoxy) is 6. The molecule has 444 valence electrons. The zero-order valence-electron chi connectivity index (χ0n) is 45.4. The van der Waals surface area contributed by atoms with Gasteiger partial charge in [-0.25, -0.2) is 0 Å². The van der Waals surface area contributed by atoms with E-state index in [2.05, 4.69) is 6.92 Å². The zero-order valence-corrected chi connectivity index (χ0v) is 45.4. The molecule has 8 atom stereocenters. The fourth-order valence-electron chi connectivity index (χ4n) is 16.7. The number of hydrogen-bond donors (Lipinski definition) is 0. The highest BCUT2D eigenvalue weighted by atomic mass is 16.7. The summed E-state index contributed by atoms with van der Waals surface area (Å²) in [5.41, 5.74) is -1.89. The normalized spacial score (nSPS) is 36.1. The molecular weight excluding hydrogens is 957 g/mol. The molecular formula is C65H118O11. The molecule has 12 saturated carbocycles. The fraction of sp³-hybridized carbons (Fsp3) is 0.923. The lowest BCUT2D eigenvalue weighted by molar-refractivity contribution is -0.204. The van der Waals surface area contributed by atoms with Crippen LogP contribution in [0.2, 0.25) is 0 Å². The predicted octanol–water partition coefficient (Wildman–Crippen LogP) is 16.1. The first-order valence-corrected chi connectivity index (χ1v) is 28.6. The Bertz CT molecular complexity index is 1840. The molecule has 11 nitrogen and oxygen atoms in total. The first kappa shape index (κ1) is 69.4. The molecule has 0 spiro atoms. The van der Waals surface area contributed by atoms with Crippen LogP contribution in [-0.4, -0.2) is 67.7 Å². The van der Waals surface area contributed by atoms with Gasteiger partial charge in [-0.1, -0.05) is 65.3 Å². The van der Waals surface area contributed by atoms with E-state index >= 15 is 0 Å². The third-order valence-corrected chi connectivity index (χ3v) is 21.3. The van der Waals surface area contributed by atoms with E-state index in [1.54, 1.807) is 0 Å². The SMILES string of the molecule is C.C.C.C.C.C.CCC(C)(C)C(=O)OC(C)OC1CC2CC1C1C3CCC(C3)C21.CCC(C)(C)C(=O)OCCC(=O)OC1(C)C2CC3CC(C2)CC1C3.CCC(C)(C)C(=O)OCCOC(=O)C12CC3CC(CC(C3)C1)C2.